The van der Waals surface area contributed by atoms with Gasteiger partial charge in [-0.25, -0.2) is 9.48 Å². The second-order valence-electron chi connectivity index (χ2n) is 7.38. The van der Waals surface area contributed by atoms with Crippen LogP contribution in [0.1, 0.15) is 46.1 Å². The van der Waals surface area contributed by atoms with Crippen LogP contribution in [0.15, 0.2) is 77.3 Å². The van der Waals surface area contributed by atoms with Gasteiger partial charge in [0.1, 0.15) is 23.7 Å². The van der Waals surface area contributed by atoms with Crippen molar-refractivity contribution in [3.8, 4) is 11.4 Å². The van der Waals surface area contributed by atoms with Gasteiger partial charge in [0.2, 0.25) is 0 Å². The topological polar surface area (TPSA) is 95.6 Å². The Bertz CT molecular complexity index is 1260. The third-order valence-corrected chi connectivity index (χ3v) is 5.10. The van der Waals surface area contributed by atoms with Crippen molar-refractivity contribution in [3.63, 3.8) is 0 Å². The number of rotatable bonds is 9. The van der Waals surface area contributed by atoms with Crippen LogP contribution in [0.4, 0.5) is 5.82 Å². The SMILES string of the molecule is CCOC(=O)c1cnn(-c2ccccc2)c1NC(=O)c1ccc(COc2ccc(CC)cc2)o1. The van der Waals surface area contributed by atoms with E-state index in [-0.39, 0.29) is 30.4 Å². The van der Waals surface area contributed by atoms with Crippen LogP contribution in [-0.2, 0) is 17.8 Å². The average Bonchev–Trinajstić information content (AvgIpc) is 3.51. The number of carbonyl (C=O) groups is 2. The largest absolute Gasteiger partial charge is 0.486 e. The Morgan fingerprint density at radius 3 is 2.47 bits per heavy atom. The Morgan fingerprint density at radius 2 is 1.76 bits per heavy atom. The number of para-hydroxylation sites is 1. The molecule has 0 aliphatic rings. The molecule has 34 heavy (non-hydrogen) atoms. The molecule has 0 bridgehead atoms. The molecule has 2 heterocycles. The summed E-state index contributed by atoms with van der Waals surface area (Å²) in [6.45, 7) is 4.18. The fourth-order valence-electron chi connectivity index (χ4n) is 3.31. The summed E-state index contributed by atoms with van der Waals surface area (Å²) in [5, 5.41) is 7.01. The molecule has 0 saturated heterocycles. The second-order valence-corrected chi connectivity index (χ2v) is 7.38. The van der Waals surface area contributed by atoms with Gasteiger partial charge in [0.25, 0.3) is 5.91 Å². The summed E-state index contributed by atoms with van der Waals surface area (Å²) < 4.78 is 18.0. The molecule has 8 heteroatoms. The van der Waals surface area contributed by atoms with Gasteiger partial charge < -0.3 is 19.2 Å². The average molecular weight is 460 g/mol. The first-order chi connectivity index (χ1) is 16.6. The summed E-state index contributed by atoms with van der Waals surface area (Å²) >= 11 is 0. The highest BCUT2D eigenvalue weighted by Crippen LogP contribution is 2.23. The number of nitrogens with one attached hydrogen (secondary N) is 1. The van der Waals surface area contributed by atoms with E-state index in [9.17, 15) is 9.59 Å². The molecule has 1 amide bonds. The number of hydrogen-bond donors (Lipinski definition) is 1. The van der Waals surface area contributed by atoms with Crippen LogP contribution >= 0.6 is 0 Å². The van der Waals surface area contributed by atoms with Gasteiger partial charge >= 0.3 is 5.97 Å². The zero-order chi connectivity index (χ0) is 23.9. The Hall–Kier alpha value is -4.33. The van der Waals surface area contributed by atoms with Gasteiger partial charge in [-0.2, -0.15) is 5.10 Å². The van der Waals surface area contributed by atoms with Gasteiger partial charge in [-0.15, -0.1) is 0 Å². The Morgan fingerprint density at radius 1 is 1.00 bits per heavy atom. The van der Waals surface area contributed by atoms with Crippen molar-refractivity contribution < 1.29 is 23.5 Å². The molecule has 8 nitrogen and oxygen atoms in total. The van der Waals surface area contributed by atoms with Crippen LogP contribution in [0.2, 0.25) is 0 Å². The number of ether oxygens (including phenoxy) is 2. The van der Waals surface area contributed by atoms with E-state index in [1.54, 1.807) is 19.1 Å². The zero-order valence-electron chi connectivity index (χ0n) is 19.0. The summed E-state index contributed by atoms with van der Waals surface area (Å²) in [5.74, 6) is 0.372. The van der Waals surface area contributed by atoms with Crippen LogP contribution < -0.4 is 10.1 Å². The number of furan rings is 1. The Labute approximate surface area is 197 Å². The van der Waals surface area contributed by atoms with E-state index < -0.39 is 11.9 Å². The summed E-state index contributed by atoms with van der Waals surface area (Å²) in [4.78, 5) is 25.4. The summed E-state index contributed by atoms with van der Waals surface area (Å²) in [5.41, 5.74) is 2.04. The first-order valence-corrected chi connectivity index (χ1v) is 11.0. The van der Waals surface area contributed by atoms with Crippen molar-refractivity contribution in [1.82, 2.24) is 9.78 Å². The van der Waals surface area contributed by atoms with Gasteiger partial charge in [-0.05, 0) is 55.3 Å². The van der Waals surface area contributed by atoms with Crippen molar-refractivity contribution in [2.45, 2.75) is 26.9 Å². The maximum Gasteiger partial charge on any atom is 0.343 e. The summed E-state index contributed by atoms with van der Waals surface area (Å²) in [6.07, 6.45) is 2.32. The third-order valence-electron chi connectivity index (χ3n) is 5.10. The molecule has 0 radical (unpaired) electrons. The first kappa shape index (κ1) is 22.8. The smallest absolute Gasteiger partial charge is 0.343 e. The molecular weight excluding hydrogens is 434 g/mol. The minimum Gasteiger partial charge on any atom is -0.486 e. The number of anilines is 1. The minimum atomic E-state index is -0.581. The van der Waals surface area contributed by atoms with E-state index in [0.29, 0.717) is 17.2 Å². The van der Waals surface area contributed by atoms with E-state index in [1.165, 1.54) is 16.4 Å². The molecule has 0 aliphatic carbocycles. The quantitative estimate of drug-likeness (QED) is 0.353. The summed E-state index contributed by atoms with van der Waals surface area (Å²) in [6, 6.07) is 20.2. The maximum atomic E-state index is 12.9. The lowest BCUT2D eigenvalue weighted by Crippen LogP contribution is -2.17. The molecule has 174 valence electrons. The summed E-state index contributed by atoms with van der Waals surface area (Å²) in [7, 11) is 0. The van der Waals surface area contributed by atoms with E-state index in [4.69, 9.17) is 13.9 Å². The molecule has 4 rings (SSSR count). The molecule has 2 aromatic heterocycles. The van der Waals surface area contributed by atoms with Gasteiger partial charge in [-0.1, -0.05) is 37.3 Å². The number of carbonyl (C=O) groups excluding carboxylic acids is 2. The number of aromatic nitrogens is 2. The molecule has 4 aromatic rings. The molecule has 0 unspecified atom stereocenters. The fraction of sp³-hybridized carbons (Fsp3) is 0.192. The molecular formula is C26H25N3O5. The molecule has 0 spiro atoms. The van der Waals surface area contributed by atoms with Crippen LogP contribution in [-0.4, -0.2) is 28.3 Å². The molecule has 0 aliphatic heterocycles. The van der Waals surface area contributed by atoms with Crippen molar-refractivity contribution in [3.05, 3.63) is 95.6 Å². The predicted molar refractivity (Wildman–Crippen MR) is 126 cm³/mol. The fourth-order valence-corrected chi connectivity index (χ4v) is 3.31. The lowest BCUT2D eigenvalue weighted by atomic mass is 10.2. The third kappa shape index (κ3) is 5.17. The highest BCUT2D eigenvalue weighted by molar-refractivity contribution is 6.06. The number of benzene rings is 2. The van der Waals surface area contributed by atoms with Crippen LogP contribution in [0.3, 0.4) is 0 Å². The van der Waals surface area contributed by atoms with Crippen LogP contribution in [0, 0.1) is 0 Å². The maximum absolute atomic E-state index is 12.9. The highest BCUT2D eigenvalue weighted by Gasteiger charge is 2.23. The Balaban J connectivity index is 1.50. The molecule has 0 saturated carbocycles. The van der Waals surface area contributed by atoms with Crippen molar-refractivity contribution >= 4 is 17.7 Å². The van der Waals surface area contributed by atoms with Gasteiger partial charge in [0.05, 0.1) is 18.5 Å². The Kier molecular flexibility index (Phi) is 7.07. The lowest BCUT2D eigenvalue weighted by Gasteiger charge is -2.10. The molecule has 0 atom stereocenters. The van der Waals surface area contributed by atoms with Crippen molar-refractivity contribution in [1.29, 1.82) is 0 Å². The predicted octanol–water partition coefficient (Wildman–Crippen LogP) is 5.04. The van der Waals surface area contributed by atoms with Gasteiger partial charge in [0.15, 0.2) is 11.6 Å². The van der Waals surface area contributed by atoms with E-state index >= 15 is 0 Å². The van der Waals surface area contributed by atoms with E-state index in [2.05, 4.69) is 17.3 Å². The minimum absolute atomic E-state index is 0.0792. The monoisotopic (exact) mass is 459 g/mol. The molecule has 1 N–H and O–H groups in total. The van der Waals surface area contributed by atoms with Crippen molar-refractivity contribution in [2.75, 3.05) is 11.9 Å². The molecule has 0 fully saturated rings. The van der Waals surface area contributed by atoms with E-state index in [1.807, 2.05) is 54.6 Å². The van der Waals surface area contributed by atoms with Gasteiger partial charge in [0, 0.05) is 0 Å². The van der Waals surface area contributed by atoms with Crippen LogP contribution in [0.5, 0.6) is 5.75 Å². The van der Waals surface area contributed by atoms with E-state index in [0.717, 1.165) is 6.42 Å². The first-order valence-electron chi connectivity index (χ1n) is 11.0. The zero-order valence-corrected chi connectivity index (χ0v) is 19.0. The number of esters is 1. The normalized spacial score (nSPS) is 10.6. The van der Waals surface area contributed by atoms with Gasteiger partial charge in [-0.3, -0.25) is 4.79 Å². The molecule has 2 aromatic carbocycles. The number of nitrogens with zero attached hydrogens (tertiary/aromatic N) is 2. The number of aryl methyl sites for hydroxylation is 1. The number of amides is 1. The lowest BCUT2D eigenvalue weighted by molar-refractivity contribution is 0.0527. The number of hydrogen-bond acceptors (Lipinski definition) is 6. The van der Waals surface area contributed by atoms with Crippen molar-refractivity contribution in [2.24, 2.45) is 0 Å². The van der Waals surface area contributed by atoms with Crippen LogP contribution in [0.25, 0.3) is 5.69 Å². The highest BCUT2D eigenvalue weighted by atomic mass is 16.5. The standard InChI is InChI=1S/C26H25N3O5/c1-3-18-10-12-20(13-11-18)33-17-21-14-15-23(34-21)25(30)28-24-22(26(31)32-4-2)16-27-29(24)19-8-6-5-7-9-19/h5-16H,3-4,17H2,1-2H3,(H,28,30). The second kappa shape index (κ2) is 10.5.